The smallest absolute Gasteiger partial charge is 0.325 e. The zero-order chi connectivity index (χ0) is 19.2. The van der Waals surface area contributed by atoms with Gasteiger partial charge in [0.1, 0.15) is 5.54 Å². The second-order valence-corrected chi connectivity index (χ2v) is 7.05. The molecule has 27 heavy (non-hydrogen) atoms. The highest BCUT2D eigenvalue weighted by molar-refractivity contribution is 6.09. The number of nitrogens with zero attached hydrogens (tertiary/aromatic N) is 2. The molecule has 4 rings (SSSR count). The Labute approximate surface area is 156 Å². The van der Waals surface area contributed by atoms with Crippen LogP contribution in [0.4, 0.5) is 0 Å². The molecule has 2 aliphatic rings. The zero-order valence-electron chi connectivity index (χ0n) is 14.7. The van der Waals surface area contributed by atoms with E-state index < -0.39 is 35.3 Å². The van der Waals surface area contributed by atoms with Crippen LogP contribution < -0.4 is 5.32 Å². The van der Waals surface area contributed by atoms with Crippen molar-refractivity contribution < 1.29 is 19.5 Å². The molecule has 4 atom stereocenters. The summed E-state index contributed by atoms with van der Waals surface area (Å²) in [6.45, 7) is 0. The van der Waals surface area contributed by atoms with Crippen molar-refractivity contribution in [1.82, 2.24) is 15.2 Å². The zero-order valence-corrected chi connectivity index (χ0v) is 14.7. The van der Waals surface area contributed by atoms with Crippen LogP contribution in [0.15, 0.2) is 54.7 Å². The second kappa shape index (κ2) is 6.28. The largest absolute Gasteiger partial charge is 0.480 e. The molecule has 2 amide bonds. The summed E-state index contributed by atoms with van der Waals surface area (Å²) < 4.78 is 0. The molecule has 2 aliphatic heterocycles. The summed E-state index contributed by atoms with van der Waals surface area (Å²) in [5, 5.41) is 13.3. The average molecular weight is 365 g/mol. The third kappa shape index (κ3) is 2.54. The lowest BCUT2D eigenvalue weighted by atomic mass is 9.76. The standard InChI is InChI=1S/C20H19N3O4/c1-23-17(24)14-15(18(23)25)20(19(26)27,11-12-7-3-2-4-8-12)22-16(14)13-9-5-6-10-21-13/h2-10,14-16,22H,11H2,1H3,(H,26,27). The van der Waals surface area contributed by atoms with Crippen molar-refractivity contribution in [2.24, 2.45) is 11.8 Å². The molecule has 138 valence electrons. The molecule has 3 heterocycles. The lowest BCUT2D eigenvalue weighted by molar-refractivity contribution is -0.151. The Bertz CT molecular complexity index is 902. The lowest BCUT2D eigenvalue weighted by Gasteiger charge is -2.30. The van der Waals surface area contributed by atoms with Gasteiger partial charge in [0.15, 0.2) is 0 Å². The minimum atomic E-state index is -1.58. The van der Waals surface area contributed by atoms with Crippen molar-refractivity contribution in [1.29, 1.82) is 0 Å². The Hall–Kier alpha value is -3.06. The minimum Gasteiger partial charge on any atom is -0.480 e. The Morgan fingerprint density at radius 3 is 2.48 bits per heavy atom. The van der Waals surface area contributed by atoms with Gasteiger partial charge in [-0.3, -0.25) is 29.6 Å². The van der Waals surface area contributed by atoms with Crippen molar-refractivity contribution in [3.8, 4) is 0 Å². The molecule has 7 nitrogen and oxygen atoms in total. The molecule has 2 fully saturated rings. The maximum atomic E-state index is 12.9. The minimum absolute atomic E-state index is 0.0978. The molecule has 2 saturated heterocycles. The maximum absolute atomic E-state index is 12.9. The van der Waals surface area contributed by atoms with Gasteiger partial charge in [-0.05, 0) is 17.7 Å². The van der Waals surface area contributed by atoms with E-state index in [1.165, 1.54) is 7.05 Å². The van der Waals surface area contributed by atoms with Gasteiger partial charge in [0, 0.05) is 19.7 Å². The van der Waals surface area contributed by atoms with Gasteiger partial charge in [-0.2, -0.15) is 0 Å². The fraction of sp³-hybridized carbons (Fsp3) is 0.300. The molecular formula is C20H19N3O4. The van der Waals surface area contributed by atoms with E-state index in [-0.39, 0.29) is 12.3 Å². The number of amides is 2. The molecule has 2 N–H and O–H groups in total. The van der Waals surface area contributed by atoms with Crippen LogP contribution in [0.25, 0.3) is 0 Å². The predicted molar refractivity (Wildman–Crippen MR) is 95.4 cm³/mol. The number of likely N-dealkylation sites (tertiary alicyclic amines) is 1. The number of hydrogen-bond acceptors (Lipinski definition) is 5. The Kier molecular flexibility index (Phi) is 4.04. The van der Waals surface area contributed by atoms with Crippen LogP contribution in [-0.2, 0) is 20.8 Å². The molecule has 1 aromatic carbocycles. The van der Waals surface area contributed by atoms with Gasteiger partial charge in [0.2, 0.25) is 11.8 Å². The van der Waals surface area contributed by atoms with Gasteiger partial charge >= 0.3 is 5.97 Å². The van der Waals surface area contributed by atoms with Crippen LogP contribution in [0.2, 0.25) is 0 Å². The third-order valence-corrected chi connectivity index (χ3v) is 5.59. The van der Waals surface area contributed by atoms with Crippen LogP contribution in [-0.4, -0.2) is 45.4 Å². The summed E-state index contributed by atoms with van der Waals surface area (Å²) in [7, 11) is 1.41. The summed E-state index contributed by atoms with van der Waals surface area (Å²) in [5.41, 5.74) is -0.242. The summed E-state index contributed by atoms with van der Waals surface area (Å²) in [4.78, 5) is 43.4. The average Bonchev–Trinajstić information content (AvgIpc) is 3.14. The SMILES string of the molecule is CN1C(=O)C2C(c3ccccn3)NC(Cc3ccccc3)(C(=O)O)C2C1=O. The fourth-order valence-corrected chi connectivity index (χ4v) is 4.31. The van der Waals surface area contributed by atoms with Crippen LogP contribution in [0.1, 0.15) is 17.3 Å². The van der Waals surface area contributed by atoms with E-state index >= 15 is 0 Å². The summed E-state index contributed by atoms with van der Waals surface area (Å²) in [6, 6.07) is 13.8. The molecule has 0 spiro atoms. The molecule has 0 radical (unpaired) electrons. The number of carboxylic acid groups (broad SMARTS) is 1. The van der Waals surface area contributed by atoms with E-state index in [2.05, 4.69) is 10.3 Å². The molecule has 2 aromatic rings. The Balaban J connectivity index is 1.84. The number of carbonyl (C=O) groups is 3. The summed E-state index contributed by atoms with van der Waals surface area (Å²) in [6.07, 6.45) is 1.69. The van der Waals surface area contributed by atoms with Gasteiger partial charge in [-0.25, -0.2) is 0 Å². The van der Waals surface area contributed by atoms with E-state index in [9.17, 15) is 19.5 Å². The maximum Gasteiger partial charge on any atom is 0.325 e. The van der Waals surface area contributed by atoms with E-state index in [1.807, 2.05) is 30.3 Å². The first-order chi connectivity index (χ1) is 13.0. The highest BCUT2D eigenvalue weighted by Crippen LogP contribution is 2.49. The number of fused-ring (bicyclic) bond motifs is 1. The number of aliphatic carboxylic acids is 1. The van der Waals surface area contributed by atoms with Gasteiger partial charge in [-0.1, -0.05) is 36.4 Å². The monoisotopic (exact) mass is 365 g/mol. The van der Waals surface area contributed by atoms with Crippen LogP contribution in [0, 0.1) is 11.8 Å². The number of carbonyl (C=O) groups excluding carboxylic acids is 2. The van der Waals surface area contributed by atoms with Crippen molar-refractivity contribution in [3.05, 3.63) is 66.0 Å². The molecule has 0 saturated carbocycles. The quantitative estimate of drug-likeness (QED) is 0.785. The second-order valence-electron chi connectivity index (χ2n) is 7.05. The normalized spacial score (nSPS) is 29.8. The van der Waals surface area contributed by atoms with E-state index in [0.29, 0.717) is 5.69 Å². The lowest BCUT2D eigenvalue weighted by Crippen LogP contribution is -2.57. The molecule has 1 aromatic heterocycles. The van der Waals surface area contributed by atoms with Crippen molar-refractivity contribution in [2.75, 3.05) is 7.05 Å². The molecule has 0 bridgehead atoms. The Morgan fingerprint density at radius 1 is 1.15 bits per heavy atom. The first kappa shape index (κ1) is 17.4. The number of imide groups is 1. The third-order valence-electron chi connectivity index (χ3n) is 5.59. The van der Waals surface area contributed by atoms with Crippen molar-refractivity contribution >= 4 is 17.8 Å². The number of pyridine rings is 1. The number of nitrogens with one attached hydrogen (secondary N) is 1. The highest BCUT2D eigenvalue weighted by Gasteiger charge is 2.68. The number of carboxylic acids is 1. The topological polar surface area (TPSA) is 99.6 Å². The molecule has 4 unspecified atom stereocenters. The first-order valence-corrected chi connectivity index (χ1v) is 8.73. The Morgan fingerprint density at radius 2 is 1.85 bits per heavy atom. The van der Waals surface area contributed by atoms with Gasteiger partial charge < -0.3 is 5.11 Å². The van der Waals surface area contributed by atoms with Gasteiger partial charge in [-0.15, -0.1) is 0 Å². The predicted octanol–water partition coefficient (Wildman–Crippen LogP) is 1.02. The first-order valence-electron chi connectivity index (χ1n) is 8.73. The van der Waals surface area contributed by atoms with Crippen LogP contribution in [0.3, 0.4) is 0 Å². The highest BCUT2D eigenvalue weighted by atomic mass is 16.4. The summed E-state index contributed by atoms with van der Waals surface area (Å²) in [5.74, 6) is -3.76. The number of aromatic nitrogens is 1. The molecule has 7 heteroatoms. The van der Waals surface area contributed by atoms with Crippen LogP contribution >= 0.6 is 0 Å². The number of rotatable bonds is 4. The van der Waals surface area contributed by atoms with E-state index in [1.54, 1.807) is 24.4 Å². The fourth-order valence-electron chi connectivity index (χ4n) is 4.31. The van der Waals surface area contributed by atoms with Gasteiger partial charge in [0.05, 0.1) is 23.6 Å². The van der Waals surface area contributed by atoms with Gasteiger partial charge in [0.25, 0.3) is 0 Å². The van der Waals surface area contributed by atoms with Crippen molar-refractivity contribution in [3.63, 3.8) is 0 Å². The summed E-state index contributed by atoms with van der Waals surface area (Å²) >= 11 is 0. The van der Waals surface area contributed by atoms with Crippen molar-refractivity contribution in [2.45, 2.75) is 18.0 Å². The van der Waals surface area contributed by atoms with Crippen LogP contribution in [0.5, 0.6) is 0 Å². The number of hydrogen-bond donors (Lipinski definition) is 2. The van der Waals surface area contributed by atoms with E-state index in [4.69, 9.17) is 0 Å². The van der Waals surface area contributed by atoms with E-state index in [0.717, 1.165) is 10.5 Å². The molecular weight excluding hydrogens is 346 g/mol. The molecule has 0 aliphatic carbocycles. The number of benzene rings is 1.